The van der Waals surface area contributed by atoms with Gasteiger partial charge in [0.1, 0.15) is 11.5 Å². The first-order valence-electron chi connectivity index (χ1n) is 11.1. The molecule has 1 fully saturated rings. The molecule has 1 saturated heterocycles. The molecule has 1 aromatic carbocycles. The SMILES string of the molecule is O=C(Nc1ccc(-n2nc(-c3cccnc3)cc2C(F)(F)F)cn1)c1cccc(N2CCCC2)c1. The summed E-state index contributed by atoms with van der Waals surface area (Å²) in [6.45, 7) is 1.92. The average molecular weight is 478 g/mol. The Bertz CT molecular complexity index is 1330. The van der Waals surface area contributed by atoms with E-state index in [1.165, 1.54) is 30.7 Å². The van der Waals surface area contributed by atoms with E-state index >= 15 is 0 Å². The molecule has 1 amide bonds. The van der Waals surface area contributed by atoms with Crippen LogP contribution in [-0.2, 0) is 6.18 Å². The third kappa shape index (κ3) is 4.86. The number of hydrogen-bond acceptors (Lipinski definition) is 5. The lowest BCUT2D eigenvalue weighted by Crippen LogP contribution is -2.19. The Morgan fingerprint density at radius 3 is 2.46 bits per heavy atom. The summed E-state index contributed by atoms with van der Waals surface area (Å²) in [4.78, 5) is 23.1. The lowest BCUT2D eigenvalue weighted by Gasteiger charge is -2.18. The number of alkyl halides is 3. The molecular weight excluding hydrogens is 457 g/mol. The average Bonchev–Trinajstić information content (AvgIpc) is 3.56. The number of halogens is 3. The molecule has 3 aromatic heterocycles. The molecule has 0 spiro atoms. The molecule has 1 aliphatic rings. The second kappa shape index (κ2) is 9.21. The normalized spacial score (nSPS) is 13.7. The lowest BCUT2D eigenvalue weighted by atomic mass is 10.1. The van der Waals surface area contributed by atoms with Crippen LogP contribution in [0, 0.1) is 0 Å². The van der Waals surface area contributed by atoms with Crippen molar-refractivity contribution in [1.82, 2.24) is 19.7 Å². The van der Waals surface area contributed by atoms with Crippen molar-refractivity contribution < 1.29 is 18.0 Å². The maximum atomic E-state index is 13.7. The number of benzene rings is 1. The first-order chi connectivity index (χ1) is 16.9. The number of aromatic nitrogens is 4. The molecule has 4 aromatic rings. The van der Waals surface area contributed by atoms with Gasteiger partial charge < -0.3 is 10.2 Å². The fraction of sp³-hybridized carbons (Fsp3) is 0.200. The highest BCUT2D eigenvalue weighted by molar-refractivity contribution is 6.04. The van der Waals surface area contributed by atoms with E-state index in [0.29, 0.717) is 11.1 Å². The third-order valence-electron chi connectivity index (χ3n) is 5.77. The van der Waals surface area contributed by atoms with Gasteiger partial charge in [0, 0.05) is 42.3 Å². The van der Waals surface area contributed by atoms with E-state index in [1.807, 2.05) is 18.2 Å². The van der Waals surface area contributed by atoms with Crippen molar-refractivity contribution in [2.24, 2.45) is 0 Å². The van der Waals surface area contributed by atoms with E-state index in [0.717, 1.165) is 42.4 Å². The number of anilines is 2. The summed E-state index contributed by atoms with van der Waals surface area (Å²) in [6.07, 6.45) is 1.85. The van der Waals surface area contributed by atoms with Gasteiger partial charge in [-0.25, -0.2) is 9.67 Å². The Hall–Kier alpha value is -4.21. The highest BCUT2D eigenvalue weighted by Gasteiger charge is 2.36. The second-order valence-electron chi connectivity index (χ2n) is 8.17. The van der Waals surface area contributed by atoms with Gasteiger partial charge in [0.05, 0.1) is 17.6 Å². The molecule has 5 rings (SSSR count). The molecule has 0 atom stereocenters. The molecule has 4 heterocycles. The quantitative estimate of drug-likeness (QED) is 0.427. The molecule has 0 radical (unpaired) electrons. The number of nitrogens with zero attached hydrogens (tertiary/aromatic N) is 5. The van der Waals surface area contributed by atoms with Crippen LogP contribution in [0.4, 0.5) is 24.7 Å². The van der Waals surface area contributed by atoms with Crippen LogP contribution in [0.5, 0.6) is 0 Å². The minimum Gasteiger partial charge on any atom is -0.372 e. The maximum absolute atomic E-state index is 13.7. The maximum Gasteiger partial charge on any atom is 0.433 e. The Morgan fingerprint density at radius 2 is 1.77 bits per heavy atom. The Morgan fingerprint density at radius 1 is 0.943 bits per heavy atom. The van der Waals surface area contributed by atoms with Crippen molar-refractivity contribution in [2.75, 3.05) is 23.3 Å². The second-order valence-corrected chi connectivity index (χ2v) is 8.17. The smallest absolute Gasteiger partial charge is 0.372 e. The van der Waals surface area contributed by atoms with E-state index in [2.05, 4.69) is 25.3 Å². The summed E-state index contributed by atoms with van der Waals surface area (Å²) in [5, 5.41) is 6.83. The lowest BCUT2D eigenvalue weighted by molar-refractivity contribution is -0.142. The highest BCUT2D eigenvalue weighted by Crippen LogP contribution is 2.34. The van der Waals surface area contributed by atoms with E-state index in [1.54, 1.807) is 18.2 Å². The minimum atomic E-state index is -4.62. The molecule has 35 heavy (non-hydrogen) atoms. The number of amides is 1. The Balaban J connectivity index is 1.37. The molecule has 10 heteroatoms. The summed E-state index contributed by atoms with van der Waals surface area (Å²) in [5.74, 6) is -0.126. The Labute approximate surface area is 199 Å². The van der Waals surface area contributed by atoms with Gasteiger partial charge in [-0.1, -0.05) is 6.07 Å². The summed E-state index contributed by atoms with van der Waals surface area (Å²) < 4.78 is 41.9. The van der Waals surface area contributed by atoms with Gasteiger partial charge in [-0.05, 0) is 61.4 Å². The Kier molecular flexibility index (Phi) is 5.94. The van der Waals surface area contributed by atoms with Crippen molar-refractivity contribution >= 4 is 17.4 Å². The number of pyridine rings is 2. The van der Waals surface area contributed by atoms with Crippen LogP contribution in [0.1, 0.15) is 28.9 Å². The van der Waals surface area contributed by atoms with Gasteiger partial charge in [-0.2, -0.15) is 18.3 Å². The summed E-state index contributed by atoms with van der Waals surface area (Å²) >= 11 is 0. The topological polar surface area (TPSA) is 75.9 Å². The molecular formula is C25H21F3N6O. The van der Waals surface area contributed by atoms with Gasteiger partial charge >= 0.3 is 6.18 Å². The first-order valence-corrected chi connectivity index (χ1v) is 11.1. The van der Waals surface area contributed by atoms with E-state index in [-0.39, 0.29) is 23.1 Å². The summed E-state index contributed by atoms with van der Waals surface area (Å²) in [7, 11) is 0. The van der Waals surface area contributed by atoms with Crippen molar-refractivity contribution in [3.63, 3.8) is 0 Å². The molecule has 1 aliphatic heterocycles. The van der Waals surface area contributed by atoms with Crippen molar-refractivity contribution in [2.45, 2.75) is 19.0 Å². The summed E-state index contributed by atoms with van der Waals surface area (Å²) in [6, 6.07) is 14.4. The van der Waals surface area contributed by atoms with E-state index in [4.69, 9.17) is 0 Å². The molecule has 0 aliphatic carbocycles. The van der Waals surface area contributed by atoms with Crippen LogP contribution in [-0.4, -0.2) is 38.7 Å². The van der Waals surface area contributed by atoms with Crippen molar-refractivity contribution in [1.29, 1.82) is 0 Å². The highest BCUT2D eigenvalue weighted by atomic mass is 19.4. The third-order valence-corrected chi connectivity index (χ3v) is 5.77. The standard InChI is InChI=1S/C25H21F3N6O/c26-25(27,28)22-14-21(18-6-4-10-29-15-18)32-34(22)20-8-9-23(30-16-20)31-24(35)17-5-3-7-19(13-17)33-11-1-2-12-33/h3-10,13-16H,1-2,11-12H2,(H,30,31,35). The van der Waals surface area contributed by atoms with Gasteiger partial charge in [0.15, 0.2) is 0 Å². The van der Waals surface area contributed by atoms with E-state index in [9.17, 15) is 18.0 Å². The van der Waals surface area contributed by atoms with Gasteiger partial charge in [0.25, 0.3) is 5.91 Å². The van der Waals surface area contributed by atoms with Crippen LogP contribution < -0.4 is 10.2 Å². The number of hydrogen-bond donors (Lipinski definition) is 1. The van der Waals surface area contributed by atoms with Gasteiger partial charge in [-0.15, -0.1) is 0 Å². The predicted octanol–water partition coefficient (Wildman–Crippen LogP) is 5.20. The van der Waals surface area contributed by atoms with Crippen molar-refractivity contribution in [3.05, 3.63) is 84.4 Å². The van der Waals surface area contributed by atoms with Crippen LogP contribution >= 0.6 is 0 Å². The number of nitrogens with one attached hydrogen (secondary N) is 1. The van der Waals surface area contributed by atoms with Crippen LogP contribution in [0.25, 0.3) is 16.9 Å². The zero-order valence-electron chi connectivity index (χ0n) is 18.5. The van der Waals surface area contributed by atoms with Crippen LogP contribution in [0.2, 0.25) is 0 Å². The van der Waals surface area contributed by atoms with Crippen LogP contribution in [0.3, 0.4) is 0 Å². The number of rotatable bonds is 5. The summed E-state index contributed by atoms with van der Waals surface area (Å²) in [5.41, 5.74) is 1.25. The van der Waals surface area contributed by atoms with Gasteiger partial charge in [0.2, 0.25) is 0 Å². The molecule has 1 N–H and O–H groups in total. The molecule has 0 saturated carbocycles. The molecule has 178 valence electrons. The monoisotopic (exact) mass is 478 g/mol. The number of carbonyl (C=O) groups excluding carboxylic acids is 1. The molecule has 0 bridgehead atoms. The minimum absolute atomic E-state index is 0.112. The van der Waals surface area contributed by atoms with Gasteiger partial charge in [-0.3, -0.25) is 9.78 Å². The molecule has 0 unspecified atom stereocenters. The van der Waals surface area contributed by atoms with Crippen LogP contribution in [0.15, 0.2) is 73.2 Å². The predicted molar refractivity (Wildman–Crippen MR) is 125 cm³/mol. The largest absolute Gasteiger partial charge is 0.433 e. The number of carbonyl (C=O) groups is 1. The molecule has 7 nitrogen and oxygen atoms in total. The van der Waals surface area contributed by atoms with Crippen molar-refractivity contribution in [3.8, 4) is 16.9 Å². The zero-order valence-corrected chi connectivity index (χ0v) is 18.5. The first kappa shape index (κ1) is 22.6. The fourth-order valence-corrected chi connectivity index (χ4v) is 4.03. The zero-order chi connectivity index (χ0) is 24.4. The van der Waals surface area contributed by atoms with E-state index < -0.39 is 11.9 Å². The fourth-order valence-electron chi connectivity index (χ4n) is 4.03.